The summed E-state index contributed by atoms with van der Waals surface area (Å²) >= 11 is 0. The Morgan fingerprint density at radius 3 is 1.32 bits per heavy atom. The molecule has 0 N–H and O–H groups in total. The van der Waals surface area contributed by atoms with Crippen LogP contribution in [0, 0.1) is 0 Å². The van der Waals surface area contributed by atoms with Gasteiger partial charge in [0.25, 0.3) is 0 Å². The first kappa shape index (κ1) is 15.5. The fourth-order valence-electron chi connectivity index (χ4n) is 2.03. The Labute approximate surface area is 133 Å². The van der Waals surface area contributed by atoms with E-state index in [0.717, 1.165) is 5.56 Å². The minimum atomic E-state index is 1.16. The third-order valence-corrected chi connectivity index (χ3v) is 3.29. The molecule has 0 amide bonds. The molecule has 0 aliphatic heterocycles. The van der Waals surface area contributed by atoms with Gasteiger partial charge < -0.3 is 0 Å². The van der Waals surface area contributed by atoms with Crippen LogP contribution in [0.15, 0.2) is 98.1 Å². The summed E-state index contributed by atoms with van der Waals surface area (Å²) in [6, 6.07) is 28.8. The van der Waals surface area contributed by atoms with E-state index in [1.165, 1.54) is 16.7 Å². The van der Waals surface area contributed by atoms with Crippen LogP contribution in [0.25, 0.3) is 23.3 Å². The van der Waals surface area contributed by atoms with Gasteiger partial charge in [0, 0.05) is 0 Å². The molecule has 0 saturated carbocycles. The Bertz CT molecular complexity index is 692. The maximum absolute atomic E-state index is 3.73. The molecule has 0 fully saturated rings. The average Bonchev–Trinajstić information content (AvgIpc) is 2.64. The van der Waals surface area contributed by atoms with Gasteiger partial charge in [-0.05, 0) is 22.3 Å². The fourth-order valence-corrected chi connectivity index (χ4v) is 2.03. The largest absolute Gasteiger partial charge is 0.0985 e. The number of benzene rings is 3. The number of rotatable bonds is 3. The van der Waals surface area contributed by atoms with Gasteiger partial charge in [-0.2, -0.15) is 0 Å². The van der Waals surface area contributed by atoms with Crippen molar-refractivity contribution in [2.24, 2.45) is 0 Å². The fraction of sp³-hybridized carbons (Fsp3) is 0. The zero-order valence-electron chi connectivity index (χ0n) is 12.7. The molecule has 0 unspecified atom stereocenters. The van der Waals surface area contributed by atoms with Crippen molar-refractivity contribution in [3.8, 4) is 11.1 Å². The third kappa shape index (κ3) is 4.60. The maximum Gasteiger partial charge on any atom is -0.0184 e. The lowest BCUT2D eigenvalue weighted by Gasteiger charge is -2.01. The molecule has 3 aromatic rings. The molecular formula is C22H20. The number of hydrogen-bond acceptors (Lipinski definition) is 0. The predicted octanol–water partition coefficient (Wildman–Crippen LogP) is 6.33. The monoisotopic (exact) mass is 284 g/mol. The van der Waals surface area contributed by atoms with Crippen molar-refractivity contribution in [3.63, 3.8) is 0 Å². The first-order chi connectivity index (χ1) is 10.8. The van der Waals surface area contributed by atoms with Gasteiger partial charge >= 0.3 is 0 Å². The summed E-state index contributed by atoms with van der Waals surface area (Å²) in [5.41, 5.74) is 4.83. The maximum atomic E-state index is 3.73. The van der Waals surface area contributed by atoms with E-state index in [1.54, 1.807) is 0 Å². The van der Waals surface area contributed by atoms with Crippen molar-refractivity contribution in [1.29, 1.82) is 0 Å². The quantitative estimate of drug-likeness (QED) is 0.527. The normalized spacial score (nSPS) is 9.27. The minimum Gasteiger partial charge on any atom is -0.0985 e. The van der Waals surface area contributed by atoms with Crippen molar-refractivity contribution >= 4 is 12.2 Å². The van der Waals surface area contributed by atoms with Gasteiger partial charge in [-0.3, -0.25) is 0 Å². The van der Waals surface area contributed by atoms with Crippen LogP contribution in [0.1, 0.15) is 11.1 Å². The second-order valence-electron chi connectivity index (χ2n) is 4.81. The van der Waals surface area contributed by atoms with Crippen molar-refractivity contribution in [2.75, 3.05) is 0 Å². The summed E-state index contributed by atoms with van der Waals surface area (Å²) in [5.74, 6) is 0. The molecule has 0 radical (unpaired) electrons. The minimum absolute atomic E-state index is 1.16. The smallest absolute Gasteiger partial charge is 0.0184 e. The summed E-state index contributed by atoms with van der Waals surface area (Å²) in [5, 5.41) is 0. The molecule has 0 heterocycles. The van der Waals surface area contributed by atoms with Crippen LogP contribution in [0.3, 0.4) is 0 Å². The SMILES string of the molecule is C=Cc1ccc(-c2ccccc2)cc1.C=Cc1ccccc1. The lowest BCUT2D eigenvalue weighted by atomic mass is 10.0. The standard InChI is InChI=1S/C14H12.C8H8/c1-2-12-8-10-14(11-9-12)13-6-4-3-5-7-13;1-2-8-6-4-3-5-7-8/h2-11H,1H2;2-7H,1H2. The van der Waals surface area contributed by atoms with Gasteiger partial charge in [-0.15, -0.1) is 0 Å². The van der Waals surface area contributed by atoms with E-state index in [2.05, 4.69) is 61.7 Å². The van der Waals surface area contributed by atoms with E-state index in [1.807, 2.05) is 48.6 Å². The first-order valence-corrected chi connectivity index (χ1v) is 7.29. The highest BCUT2D eigenvalue weighted by molar-refractivity contribution is 5.65. The topological polar surface area (TPSA) is 0 Å². The molecule has 22 heavy (non-hydrogen) atoms. The highest BCUT2D eigenvalue weighted by atomic mass is 14.0. The van der Waals surface area contributed by atoms with E-state index >= 15 is 0 Å². The Morgan fingerprint density at radius 1 is 0.455 bits per heavy atom. The third-order valence-electron chi connectivity index (χ3n) is 3.29. The molecule has 0 saturated heterocycles. The second kappa shape index (κ2) is 8.43. The van der Waals surface area contributed by atoms with Crippen LogP contribution >= 0.6 is 0 Å². The van der Waals surface area contributed by atoms with Crippen LogP contribution < -0.4 is 0 Å². The molecule has 0 aliphatic carbocycles. The zero-order valence-corrected chi connectivity index (χ0v) is 12.7. The first-order valence-electron chi connectivity index (χ1n) is 7.29. The summed E-state index contributed by atoms with van der Waals surface area (Å²) in [4.78, 5) is 0. The molecule has 0 aliphatic rings. The summed E-state index contributed by atoms with van der Waals surface area (Å²) in [7, 11) is 0. The van der Waals surface area contributed by atoms with Crippen molar-refractivity contribution in [3.05, 3.63) is 109 Å². The van der Waals surface area contributed by atoms with Crippen LogP contribution in [0.4, 0.5) is 0 Å². The van der Waals surface area contributed by atoms with E-state index in [0.29, 0.717) is 0 Å². The highest BCUT2D eigenvalue weighted by Crippen LogP contribution is 2.19. The molecule has 0 atom stereocenters. The van der Waals surface area contributed by atoms with Gasteiger partial charge in [0.1, 0.15) is 0 Å². The molecule has 0 bridgehead atoms. The van der Waals surface area contributed by atoms with Gasteiger partial charge in [-0.25, -0.2) is 0 Å². The summed E-state index contributed by atoms with van der Waals surface area (Å²) < 4.78 is 0. The molecule has 3 rings (SSSR count). The Morgan fingerprint density at radius 2 is 0.864 bits per heavy atom. The lowest BCUT2D eigenvalue weighted by Crippen LogP contribution is -1.76. The molecular weight excluding hydrogens is 264 g/mol. The molecule has 0 aromatic heterocycles. The second-order valence-corrected chi connectivity index (χ2v) is 4.81. The molecule has 0 nitrogen and oxygen atoms in total. The molecule has 3 aromatic carbocycles. The van der Waals surface area contributed by atoms with Crippen LogP contribution in [0.5, 0.6) is 0 Å². The van der Waals surface area contributed by atoms with E-state index < -0.39 is 0 Å². The Balaban J connectivity index is 0.000000188. The highest BCUT2D eigenvalue weighted by Gasteiger charge is 1.94. The van der Waals surface area contributed by atoms with E-state index in [4.69, 9.17) is 0 Å². The van der Waals surface area contributed by atoms with Gasteiger partial charge in [0.15, 0.2) is 0 Å². The predicted molar refractivity (Wildman–Crippen MR) is 98.5 cm³/mol. The summed E-state index contributed by atoms with van der Waals surface area (Å²) in [6.07, 6.45) is 3.69. The van der Waals surface area contributed by atoms with E-state index in [9.17, 15) is 0 Å². The van der Waals surface area contributed by atoms with Crippen molar-refractivity contribution in [1.82, 2.24) is 0 Å². The van der Waals surface area contributed by atoms with Crippen LogP contribution in [0.2, 0.25) is 0 Å². The number of hydrogen-bond donors (Lipinski definition) is 0. The molecule has 108 valence electrons. The molecule has 0 spiro atoms. The Kier molecular flexibility index (Phi) is 5.95. The Hall–Kier alpha value is -2.86. The van der Waals surface area contributed by atoms with Crippen LogP contribution in [-0.4, -0.2) is 0 Å². The van der Waals surface area contributed by atoms with Crippen molar-refractivity contribution in [2.45, 2.75) is 0 Å². The van der Waals surface area contributed by atoms with E-state index in [-0.39, 0.29) is 0 Å². The zero-order chi connectivity index (χ0) is 15.6. The summed E-state index contributed by atoms with van der Waals surface area (Å²) in [6.45, 7) is 7.36. The molecule has 0 heteroatoms. The van der Waals surface area contributed by atoms with Crippen molar-refractivity contribution < 1.29 is 0 Å². The van der Waals surface area contributed by atoms with Gasteiger partial charge in [0.05, 0.1) is 0 Å². The van der Waals surface area contributed by atoms with Gasteiger partial charge in [-0.1, -0.05) is 110 Å². The average molecular weight is 284 g/mol. The van der Waals surface area contributed by atoms with Crippen LogP contribution in [-0.2, 0) is 0 Å². The lowest BCUT2D eigenvalue weighted by molar-refractivity contribution is 1.60. The van der Waals surface area contributed by atoms with Gasteiger partial charge in [0.2, 0.25) is 0 Å².